The number of hydrogen-bond donors (Lipinski definition) is 2. The van der Waals surface area contributed by atoms with Crippen LogP contribution in [0.1, 0.15) is 24.0 Å². The van der Waals surface area contributed by atoms with E-state index in [0.717, 1.165) is 29.7 Å². The van der Waals surface area contributed by atoms with E-state index in [1.54, 1.807) is 17.8 Å². The molecule has 1 aliphatic rings. The fourth-order valence-corrected chi connectivity index (χ4v) is 3.93. The average molecular weight is 406 g/mol. The molecule has 0 aliphatic carbocycles. The number of nitrogens with one attached hydrogen (secondary N) is 2. The fourth-order valence-electron chi connectivity index (χ4n) is 3.93. The van der Waals surface area contributed by atoms with Crippen molar-refractivity contribution < 1.29 is 4.79 Å². The van der Waals surface area contributed by atoms with Crippen molar-refractivity contribution in [2.24, 2.45) is 7.05 Å². The molecule has 8 nitrogen and oxygen atoms in total. The van der Waals surface area contributed by atoms with Crippen molar-refractivity contribution in [2.45, 2.75) is 32.7 Å². The van der Waals surface area contributed by atoms with Crippen molar-refractivity contribution in [1.82, 2.24) is 19.9 Å². The molecule has 0 atom stereocenters. The van der Waals surface area contributed by atoms with Crippen LogP contribution >= 0.6 is 0 Å². The molecule has 3 aromatic rings. The van der Waals surface area contributed by atoms with E-state index in [1.165, 1.54) is 0 Å². The highest BCUT2D eigenvalue weighted by molar-refractivity contribution is 5.91. The van der Waals surface area contributed by atoms with Crippen LogP contribution in [0.5, 0.6) is 0 Å². The number of pyridine rings is 1. The summed E-state index contributed by atoms with van der Waals surface area (Å²) in [5.74, 6) is 0.441. The molecule has 0 saturated carbocycles. The molecule has 0 unspecified atom stereocenters. The summed E-state index contributed by atoms with van der Waals surface area (Å²) in [6.07, 6.45) is 3.15. The summed E-state index contributed by atoms with van der Waals surface area (Å²) < 4.78 is 1.54. The first-order chi connectivity index (χ1) is 14.4. The zero-order valence-corrected chi connectivity index (χ0v) is 17.5. The minimum atomic E-state index is -0.198. The summed E-state index contributed by atoms with van der Waals surface area (Å²) in [6, 6.07) is 9.46. The van der Waals surface area contributed by atoms with Crippen LogP contribution in [0.4, 0.5) is 16.3 Å². The van der Waals surface area contributed by atoms with E-state index in [-0.39, 0.29) is 17.6 Å². The Morgan fingerprint density at radius 2 is 1.80 bits per heavy atom. The summed E-state index contributed by atoms with van der Waals surface area (Å²) in [6.45, 7) is 5.27. The second kappa shape index (κ2) is 8.14. The van der Waals surface area contributed by atoms with E-state index in [1.807, 2.05) is 49.1 Å². The average Bonchev–Trinajstić information content (AvgIpc) is 2.74. The molecule has 156 valence electrons. The predicted octanol–water partition coefficient (Wildman–Crippen LogP) is 2.74. The van der Waals surface area contributed by atoms with E-state index >= 15 is 0 Å². The van der Waals surface area contributed by atoms with Gasteiger partial charge in [0.1, 0.15) is 5.52 Å². The lowest BCUT2D eigenvalue weighted by molar-refractivity contribution is 0.246. The van der Waals surface area contributed by atoms with Crippen molar-refractivity contribution in [1.29, 1.82) is 0 Å². The number of benzene rings is 1. The molecule has 1 aromatic carbocycles. The second-order valence-electron chi connectivity index (χ2n) is 7.77. The monoisotopic (exact) mass is 406 g/mol. The van der Waals surface area contributed by atoms with Crippen LogP contribution in [0.25, 0.3) is 11.2 Å². The van der Waals surface area contributed by atoms with E-state index in [2.05, 4.69) is 20.6 Å². The van der Waals surface area contributed by atoms with Gasteiger partial charge in [0.15, 0.2) is 11.5 Å². The molecule has 1 fully saturated rings. The lowest BCUT2D eigenvalue weighted by Gasteiger charge is -2.33. The Kier molecular flexibility index (Phi) is 5.39. The van der Waals surface area contributed by atoms with Gasteiger partial charge < -0.3 is 15.5 Å². The Bertz CT molecular complexity index is 1130. The summed E-state index contributed by atoms with van der Waals surface area (Å²) in [5, 5.41) is 6.03. The SMILES string of the molecule is Cc1cccc(C)c1NC(=O)NC1CCN(c2nc3cccnc3n(C)c2=O)CC1. The number of nitrogens with zero attached hydrogens (tertiary/aromatic N) is 4. The number of anilines is 2. The van der Waals surface area contributed by atoms with Crippen LogP contribution in [-0.2, 0) is 7.05 Å². The molecule has 3 heterocycles. The van der Waals surface area contributed by atoms with Crippen molar-refractivity contribution in [3.05, 3.63) is 58.0 Å². The normalized spacial score (nSPS) is 14.7. The van der Waals surface area contributed by atoms with Crippen molar-refractivity contribution in [3.8, 4) is 0 Å². The zero-order valence-electron chi connectivity index (χ0n) is 17.5. The predicted molar refractivity (Wildman–Crippen MR) is 118 cm³/mol. The molecule has 4 rings (SSSR count). The Hall–Kier alpha value is -3.42. The van der Waals surface area contributed by atoms with Crippen LogP contribution in [0, 0.1) is 13.8 Å². The van der Waals surface area contributed by atoms with Crippen molar-refractivity contribution in [2.75, 3.05) is 23.3 Å². The molecule has 1 saturated heterocycles. The summed E-state index contributed by atoms with van der Waals surface area (Å²) >= 11 is 0. The van der Waals surface area contributed by atoms with Gasteiger partial charge in [0, 0.05) is 38.1 Å². The Morgan fingerprint density at radius 3 is 2.50 bits per heavy atom. The molecule has 1 aliphatic heterocycles. The number of carbonyl (C=O) groups excluding carboxylic acids is 1. The van der Waals surface area contributed by atoms with Crippen molar-refractivity contribution >= 4 is 28.7 Å². The minimum Gasteiger partial charge on any atom is -0.352 e. The molecule has 8 heteroatoms. The molecular weight excluding hydrogens is 380 g/mol. The van der Waals surface area contributed by atoms with E-state index < -0.39 is 0 Å². The summed E-state index contributed by atoms with van der Waals surface area (Å²) in [7, 11) is 1.72. The first-order valence-electron chi connectivity index (χ1n) is 10.1. The van der Waals surface area contributed by atoms with E-state index in [4.69, 9.17) is 0 Å². The van der Waals surface area contributed by atoms with Gasteiger partial charge in [-0.3, -0.25) is 9.36 Å². The van der Waals surface area contributed by atoms with Gasteiger partial charge in [0.2, 0.25) is 0 Å². The van der Waals surface area contributed by atoms with Crippen LogP contribution in [-0.4, -0.2) is 39.7 Å². The van der Waals surface area contributed by atoms with Crippen LogP contribution in [0.15, 0.2) is 41.3 Å². The number of carbonyl (C=O) groups is 1. The Labute approximate surface area is 175 Å². The van der Waals surface area contributed by atoms with E-state index in [0.29, 0.717) is 30.1 Å². The number of amides is 2. The second-order valence-corrected chi connectivity index (χ2v) is 7.77. The maximum atomic E-state index is 12.7. The van der Waals surface area contributed by atoms with Gasteiger partial charge in [-0.2, -0.15) is 0 Å². The number of rotatable bonds is 3. The third-order valence-corrected chi connectivity index (χ3v) is 5.66. The quantitative estimate of drug-likeness (QED) is 0.698. The van der Waals surface area contributed by atoms with Crippen molar-refractivity contribution in [3.63, 3.8) is 0 Å². The van der Waals surface area contributed by atoms with Gasteiger partial charge in [0.25, 0.3) is 5.56 Å². The number of piperidine rings is 1. The molecule has 2 aromatic heterocycles. The number of aromatic nitrogens is 3. The third-order valence-electron chi connectivity index (χ3n) is 5.66. The van der Waals surface area contributed by atoms with Gasteiger partial charge in [-0.1, -0.05) is 18.2 Å². The number of para-hydroxylation sites is 1. The molecule has 0 spiro atoms. The smallest absolute Gasteiger partial charge is 0.319 e. The summed E-state index contributed by atoms with van der Waals surface area (Å²) in [4.78, 5) is 36.0. The molecule has 30 heavy (non-hydrogen) atoms. The highest BCUT2D eigenvalue weighted by Crippen LogP contribution is 2.20. The molecule has 0 radical (unpaired) electrons. The van der Waals surface area contributed by atoms with E-state index in [9.17, 15) is 9.59 Å². The Balaban J connectivity index is 1.41. The molecular formula is C22H26N6O2. The maximum absolute atomic E-state index is 12.7. The molecule has 2 amide bonds. The molecule has 2 N–H and O–H groups in total. The summed E-state index contributed by atoms with van der Waals surface area (Å²) in [5.41, 5.74) is 4.04. The Morgan fingerprint density at radius 1 is 1.10 bits per heavy atom. The third kappa shape index (κ3) is 3.85. The van der Waals surface area contributed by atoms with Gasteiger partial charge in [0.05, 0.1) is 0 Å². The number of aryl methyl sites for hydroxylation is 3. The largest absolute Gasteiger partial charge is 0.352 e. The standard InChI is InChI=1S/C22H26N6O2/c1-14-6-4-7-15(2)18(14)26-22(30)24-16-9-12-28(13-10-16)20-21(29)27(3)19-17(25-20)8-5-11-23-19/h4-8,11,16H,9-10,12-13H2,1-3H3,(H2,24,26,30). The van der Waals surface area contributed by atoms with Gasteiger partial charge in [-0.15, -0.1) is 0 Å². The molecule has 0 bridgehead atoms. The minimum absolute atomic E-state index is 0.0524. The lowest BCUT2D eigenvalue weighted by Crippen LogP contribution is -2.47. The maximum Gasteiger partial charge on any atom is 0.319 e. The van der Waals surface area contributed by atoms with Crippen LogP contribution in [0.2, 0.25) is 0 Å². The fraction of sp³-hybridized carbons (Fsp3) is 0.364. The van der Waals surface area contributed by atoms with Gasteiger partial charge in [-0.25, -0.2) is 14.8 Å². The number of fused-ring (bicyclic) bond motifs is 1. The lowest BCUT2D eigenvalue weighted by atomic mass is 10.1. The number of urea groups is 1. The van der Waals surface area contributed by atoms with Gasteiger partial charge in [-0.05, 0) is 49.9 Å². The topological polar surface area (TPSA) is 92.2 Å². The van der Waals surface area contributed by atoms with Gasteiger partial charge >= 0.3 is 6.03 Å². The van der Waals surface area contributed by atoms with Crippen LogP contribution < -0.4 is 21.1 Å². The highest BCUT2D eigenvalue weighted by Gasteiger charge is 2.24. The van der Waals surface area contributed by atoms with Crippen LogP contribution in [0.3, 0.4) is 0 Å². The number of hydrogen-bond acceptors (Lipinski definition) is 5. The first kappa shape index (κ1) is 19.9. The zero-order chi connectivity index (χ0) is 21.3. The first-order valence-corrected chi connectivity index (χ1v) is 10.1. The highest BCUT2D eigenvalue weighted by atomic mass is 16.2.